The Morgan fingerprint density at radius 1 is 1.17 bits per heavy atom. The zero-order valence-electron chi connectivity index (χ0n) is 14.4. The lowest BCUT2D eigenvalue weighted by atomic mass is 9.89. The molecule has 0 aromatic carbocycles. The van der Waals surface area contributed by atoms with Crippen LogP contribution in [0.2, 0.25) is 0 Å². The van der Waals surface area contributed by atoms with Gasteiger partial charge in [-0.2, -0.15) is 0 Å². The number of piperidine rings is 1. The summed E-state index contributed by atoms with van der Waals surface area (Å²) in [5.41, 5.74) is 0. The molecule has 0 saturated carbocycles. The van der Waals surface area contributed by atoms with Crippen molar-refractivity contribution in [2.24, 2.45) is 11.8 Å². The first kappa shape index (κ1) is 17.6. The predicted molar refractivity (Wildman–Crippen MR) is 88.3 cm³/mol. The van der Waals surface area contributed by atoms with Crippen LogP contribution in [0.3, 0.4) is 0 Å². The molecule has 24 heavy (non-hydrogen) atoms. The molecule has 0 aromatic heterocycles. The molecule has 0 bridgehead atoms. The fraction of sp³-hybridized carbons (Fsp3) is 0.882. The fourth-order valence-corrected chi connectivity index (χ4v) is 4.07. The summed E-state index contributed by atoms with van der Waals surface area (Å²) in [4.78, 5) is 30.3. The van der Waals surface area contributed by atoms with Gasteiger partial charge >= 0.3 is 0 Å². The largest absolute Gasteiger partial charge is 0.396 e. The Bertz CT molecular complexity index is 453. The molecule has 0 unspecified atom stereocenters. The van der Waals surface area contributed by atoms with Crippen LogP contribution >= 0.6 is 0 Å². The molecule has 0 radical (unpaired) electrons. The van der Waals surface area contributed by atoms with Crippen molar-refractivity contribution >= 4 is 11.8 Å². The van der Waals surface area contributed by atoms with Gasteiger partial charge in [0.25, 0.3) is 0 Å². The normalized spacial score (nSPS) is 29.3. The second-order valence-electron chi connectivity index (χ2n) is 7.28. The number of hydrogen-bond donors (Lipinski definition) is 1. The minimum absolute atomic E-state index is 0.0235. The van der Waals surface area contributed by atoms with Gasteiger partial charge in [-0.25, -0.2) is 0 Å². The van der Waals surface area contributed by atoms with Gasteiger partial charge in [-0.15, -0.1) is 0 Å². The van der Waals surface area contributed by atoms with Crippen LogP contribution in [0.5, 0.6) is 0 Å². The highest BCUT2D eigenvalue weighted by atomic mass is 16.5. The van der Waals surface area contributed by atoms with Crippen molar-refractivity contribution in [3.05, 3.63) is 0 Å². The van der Waals surface area contributed by atoms with E-state index in [0.29, 0.717) is 25.4 Å². The molecular formula is C17H29N3O4. The average Bonchev–Trinajstić information content (AvgIpc) is 3.00. The minimum atomic E-state index is 0.0235. The van der Waals surface area contributed by atoms with Gasteiger partial charge in [0.15, 0.2) is 0 Å². The Morgan fingerprint density at radius 3 is 2.58 bits per heavy atom. The standard InChI is InChI=1S/C17H29N3O4/c21-13-15-8-14(9-18-4-6-24-7-5-18)10-20(11-15)17(23)12-19-3-1-2-16(19)22/h14-15,21H,1-13H2/t14-,15-/m1/s1. The number of ether oxygens (including phenoxy) is 1. The van der Waals surface area contributed by atoms with Crippen molar-refractivity contribution in [3.63, 3.8) is 0 Å². The molecule has 0 spiro atoms. The SMILES string of the molecule is O=C1CCCN1CC(=O)N1C[C@H](CO)C[C@H](CN2CCOCC2)C1. The summed E-state index contributed by atoms with van der Waals surface area (Å²) >= 11 is 0. The molecule has 7 nitrogen and oxygen atoms in total. The fourth-order valence-electron chi connectivity index (χ4n) is 4.07. The number of aliphatic hydroxyl groups is 1. The summed E-state index contributed by atoms with van der Waals surface area (Å²) in [5.74, 6) is 0.634. The number of carbonyl (C=O) groups excluding carboxylic acids is 2. The molecular weight excluding hydrogens is 310 g/mol. The van der Waals surface area contributed by atoms with Crippen LogP contribution < -0.4 is 0 Å². The van der Waals surface area contributed by atoms with Crippen LogP contribution in [-0.4, -0.2) is 97.3 Å². The van der Waals surface area contributed by atoms with E-state index in [-0.39, 0.29) is 30.9 Å². The summed E-state index contributed by atoms with van der Waals surface area (Å²) in [6.45, 7) is 6.73. The number of rotatable bonds is 5. The quantitative estimate of drug-likeness (QED) is 0.724. The van der Waals surface area contributed by atoms with E-state index in [0.717, 1.165) is 52.2 Å². The molecule has 0 aromatic rings. The zero-order valence-corrected chi connectivity index (χ0v) is 14.4. The number of aliphatic hydroxyl groups excluding tert-OH is 1. The molecule has 3 heterocycles. The molecule has 2 amide bonds. The van der Waals surface area contributed by atoms with Crippen LogP contribution in [0.4, 0.5) is 0 Å². The van der Waals surface area contributed by atoms with Crippen molar-refractivity contribution in [2.45, 2.75) is 19.3 Å². The van der Waals surface area contributed by atoms with Crippen molar-refractivity contribution in [3.8, 4) is 0 Å². The highest BCUT2D eigenvalue weighted by molar-refractivity contribution is 5.85. The Morgan fingerprint density at radius 2 is 1.92 bits per heavy atom. The van der Waals surface area contributed by atoms with Gasteiger partial charge in [0, 0.05) is 52.3 Å². The predicted octanol–water partition coefficient (Wildman–Crippen LogP) is -0.602. The molecule has 2 atom stereocenters. The zero-order chi connectivity index (χ0) is 16.9. The summed E-state index contributed by atoms with van der Waals surface area (Å²) in [5, 5.41) is 9.60. The topological polar surface area (TPSA) is 73.3 Å². The van der Waals surface area contributed by atoms with E-state index in [1.165, 1.54) is 0 Å². The molecule has 3 aliphatic heterocycles. The molecule has 7 heteroatoms. The van der Waals surface area contributed by atoms with Gasteiger partial charge in [0.2, 0.25) is 11.8 Å². The second kappa shape index (κ2) is 8.27. The van der Waals surface area contributed by atoms with E-state index in [4.69, 9.17) is 4.74 Å². The van der Waals surface area contributed by atoms with Crippen LogP contribution in [0, 0.1) is 11.8 Å². The van der Waals surface area contributed by atoms with Crippen LogP contribution in [-0.2, 0) is 14.3 Å². The highest BCUT2D eigenvalue weighted by Crippen LogP contribution is 2.23. The number of carbonyl (C=O) groups is 2. The van der Waals surface area contributed by atoms with Crippen LogP contribution in [0.15, 0.2) is 0 Å². The average molecular weight is 339 g/mol. The van der Waals surface area contributed by atoms with Gasteiger partial charge < -0.3 is 19.6 Å². The van der Waals surface area contributed by atoms with E-state index in [2.05, 4.69) is 4.90 Å². The molecule has 3 rings (SSSR count). The highest BCUT2D eigenvalue weighted by Gasteiger charge is 2.32. The summed E-state index contributed by atoms with van der Waals surface area (Å²) in [7, 11) is 0. The number of likely N-dealkylation sites (tertiary alicyclic amines) is 2. The number of amides is 2. The first-order valence-electron chi connectivity index (χ1n) is 9.12. The maximum atomic E-state index is 12.6. The summed E-state index contributed by atoms with van der Waals surface area (Å²) < 4.78 is 5.39. The van der Waals surface area contributed by atoms with E-state index >= 15 is 0 Å². The lowest BCUT2D eigenvalue weighted by molar-refractivity contribution is -0.140. The Hall–Kier alpha value is -1.18. The lowest BCUT2D eigenvalue weighted by Crippen LogP contribution is -2.51. The van der Waals surface area contributed by atoms with Crippen molar-refractivity contribution in [1.29, 1.82) is 0 Å². The maximum absolute atomic E-state index is 12.6. The molecule has 3 aliphatic rings. The number of morpholine rings is 1. The van der Waals surface area contributed by atoms with Crippen LogP contribution in [0.1, 0.15) is 19.3 Å². The van der Waals surface area contributed by atoms with Crippen molar-refractivity contribution < 1.29 is 19.4 Å². The Balaban J connectivity index is 1.55. The minimum Gasteiger partial charge on any atom is -0.396 e. The van der Waals surface area contributed by atoms with Crippen LogP contribution in [0.25, 0.3) is 0 Å². The molecule has 136 valence electrons. The third-order valence-corrected chi connectivity index (χ3v) is 5.35. The lowest BCUT2D eigenvalue weighted by Gasteiger charge is -2.40. The molecule has 3 fully saturated rings. The number of hydrogen-bond acceptors (Lipinski definition) is 5. The first-order valence-corrected chi connectivity index (χ1v) is 9.12. The summed E-state index contributed by atoms with van der Waals surface area (Å²) in [6, 6.07) is 0. The van der Waals surface area contributed by atoms with Gasteiger partial charge in [0.05, 0.1) is 19.8 Å². The molecule has 0 aliphatic carbocycles. The van der Waals surface area contributed by atoms with Gasteiger partial charge in [-0.3, -0.25) is 14.5 Å². The Labute approximate surface area is 143 Å². The van der Waals surface area contributed by atoms with Crippen molar-refractivity contribution in [2.75, 3.05) is 65.6 Å². The van der Waals surface area contributed by atoms with Gasteiger partial charge in [0.1, 0.15) is 0 Å². The molecule has 1 N–H and O–H groups in total. The van der Waals surface area contributed by atoms with E-state index in [1.54, 1.807) is 4.90 Å². The van der Waals surface area contributed by atoms with Gasteiger partial charge in [-0.05, 0) is 24.7 Å². The third-order valence-electron chi connectivity index (χ3n) is 5.35. The smallest absolute Gasteiger partial charge is 0.242 e. The first-order chi connectivity index (χ1) is 11.7. The molecule has 3 saturated heterocycles. The monoisotopic (exact) mass is 339 g/mol. The Kier molecular flexibility index (Phi) is 6.08. The van der Waals surface area contributed by atoms with Gasteiger partial charge in [-0.1, -0.05) is 0 Å². The van der Waals surface area contributed by atoms with Crippen molar-refractivity contribution in [1.82, 2.24) is 14.7 Å². The second-order valence-corrected chi connectivity index (χ2v) is 7.28. The summed E-state index contributed by atoms with van der Waals surface area (Å²) in [6.07, 6.45) is 2.37. The maximum Gasteiger partial charge on any atom is 0.242 e. The van der Waals surface area contributed by atoms with E-state index in [9.17, 15) is 14.7 Å². The third kappa shape index (κ3) is 4.46. The van der Waals surface area contributed by atoms with E-state index in [1.807, 2.05) is 4.90 Å². The number of nitrogens with zero attached hydrogens (tertiary/aromatic N) is 3. The van der Waals surface area contributed by atoms with E-state index < -0.39 is 0 Å².